The van der Waals surface area contributed by atoms with Gasteiger partial charge >= 0.3 is 0 Å². The van der Waals surface area contributed by atoms with E-state index in [4.69, 9.17) is 0 Å². The van der Waals surface area contributed by atoms with E-state index < -0.39 is 0 Å². The van der Waals surface area contributed by atoms with Gasteiger partial charge in [-0.2, -0.15) is 5.10 Å². The Labute approximate surface area is 203 Å². The average Bonchev–Trinajstić information content (AvgIpc) is 3.21. The lowest BCUT2D eigenvalue weighted by Gasteiger charge is -2.10. The van der Waals surface area contributed by atoms with Gasteiger partial charge in [0.2, 0.25) is 0 Å². The third-order valence-corrected chi connectivity index (χ3v) is 6.69. The Balaban J connectivity index is 1.33. The highest BCUT2D eigenvalue weighted by molar-refractivity contribution is 7.99. The van der Waals surface area contributed by atoms with Gasteiger partial charge in [-0.25, -0.2) is 5.43 Å². The van der Waals surface area contributed by atoms with Crippen molar-refractivity contribution >= 4 is 23.4 Å². The number of nitrogens with zero attached hydrogens (tertiary/aromatic N) is 4. The normalized spacial score (nSPS) is 14.4. The molecule has 1 aliphatic rings. The topological polar surface area (TPSA) is 72.2 Å². The molecule has 0 saturated carbocycles. The fourth-order valence-corrected chi connectivity index (χ4v) is 4.86. The molecule has 0 bridgehead atoms. The number of carbonyl (C=O) groups excluding carboxylic acids is 1. The minimum atomic E-state index is -0.164. The zero-order valence-electron chi connectivity index (χ0n) is 18.7. The van der Waals surface area contributed by atoms with E-state index in [0.29, 0.717) is 5.16 Å². The molecule has 34 heavy (non-hydrogen) atoms. The zero-order valence-corrected chi connectivity index (χ0v) is 19.5. The summed E-state index contributed by atoms with van der Waals surface area (Å²) in [6, 6.07) is 28.2. The molecular formula is C27H25N5OS. The number of para-hydroxylation sites is 1. The molecule has 1 N–H and O–H groups in total. The van der Waals surface area contributed by atoms with Crippen LogP contribution in [-0.4, -0.2) is 32.1 Å². The highest BCUT2D eigenvalue weighted by atomic mass is 32.2. The van der Waals surface area contributed by atoms with Crippen LogP contribution in [0.5, 0.6) is 0 Å². The molecule has 0 saturated heterocycles. The van der Waals surface area contributed by atoms with Crippen LogP contribution in [0.3, 0.4) is 0 Å². The Kier molecular flexibility index (Phi) is 6.81. The number of thioether (sulfide) groups is 1. The van der Waals surface area contributed by atoms with E-state index in [1.165, 1.54) is 17.3 Å². The van der Waals surface area contributed by atoms with Gasteiger partial charge in [0.25, 0.3) is 5.91 Å². The highest BCUT2D eigenvalue weighted by Crippen LogP contribution is 2.28. The van der Waals surface area contributed by atoms with E-state index in [0.717, 1.165) is 54.0 Å². The van der Waals surface area contributed by atoms with Crippen molar-refractivity contribution in [3.63, 3.8) is 0 Å². The zero-order chi connectivity index (χ0) is 23.2. The van der Waals surface area contributed by atoms with Crippen LogP contribution in [0.25, 0.3) is 17.1 Å². The molecule has 0 radical (unpaired) electrons. The molecule has 5 rings (SSSR count). The second-order valence-electron chi connectivity index (χ2n) is 8.09. The molecule has 0 aliphatic heterocycles. The van der Waals surface area contributed by atoms with Crippen LogP contribution in [0.15, 0.2) is 95.2 Å². The minimum absolute atomic E-state index is 0.164. The summed E-state index contributed by atoms with van der Waals surface area (Å²) in [6.07, 6.45) is 4.13. The van der Waals surface area contributed by atoms with Gasteiger partial charge in [-0.3, -0.25) is 9.36 Å². The third kappa shape index (κ3) is 4.94. The van der Waals surface area contributed by atoms with Crippen molar-refractivity contribution in [2.45, 2.75) is 30.8 Å². The van der Waals surface area contributed by atoms with Crippen molar-refractivity contribution in [3.05, 3.63) is 96.1 Å². The number of fused-ring (bicyclic) bond motifs is 1. The van der Waals surface area contributed by atoms with Gasteiger partial charge in [0.1, 0.15) is 0 Å². The number of benzene rings is 3. The number of amides is 1. The largest absolute Gasteiger partial charge is 0.272 e. The predicted octanol–water partition coefficient (Wildman–Crippen LogP) is 5.27. The summed E-state index contributed by atoms with van der Waals surface area (Å²) in [7, 11) is 0. The lowest BCUT2D eigenvalue weighted by molar-refractivity contribution is -0.118. The van der Waals surface area contributed by atoms with Gasteiger partial charge in [0, 0.05) is 16.8 Å². The number of hydrogen-bond donors (Lipinski definition) is 1. The molecule has 170 valence electrons. The summed E-state index contributed by atoms with van der Waals surface area (Å²) in [4.78, 5) is 12.7. The smallest absolute Gasteiger partial charge is 0.250 e. The van der Waals surface area contributed by atoms with Gasteiger partial charge < -0.3 is 0 Å². The first-order chi connectivity index (χ1) is 16.8. The monoisotopic (exact) mass is 467 g/mol. The molecule has 4 aromatic rings. The lowest BCUT2D eigenvalue weighted by atomic mass is 10.0. The number of aryl methyl sites for hydroxylation is 1. The fourth-order valence-electron chi connectivity index (χ4n) is 4.12. The molecule has 0 unspecified atom stereocenters. The van der Waals surface area contributed by atoms with E-state index in [2.05, 4.69) is 38.9 Å². The van der Waals surface area contributed by atoms with Crippen molar-refractivity contribution in [1.29, 1.82) is 0 Å². The number of hydrogen-bond acceptors (Lipinski definition) is 5. The maximum Gasteiger partial charge on any atom is 0.250 e. The summed E-state index contributed by atoms with van der Waals surface area (Å²) in [5, 5.41) is 14.0. The first-order valence-electron chi connectivity index (χ1n) is 11.4. The quantitative estimate of drug-likeness (QED) is 0.238. The number of rotatable bonds is 6. The van der Waals surface area contributed by atoms with E-state index in [1.807, 2.05) is 71.3 Å². The number of aromatic nitrogens is 3. The molecule has 3 aromatic carbocycles. The SMILES string of the molecule is O=C(CSc1nnc(-c2ccccc2)n1-c1ccccc1)N/N=C1/CCCCc2ccccc21. The standard InChI is InChI=1S/C27H25N5OS/c33-25(29-28-24-18-10-8-12-20-11-7-9-17-23(20)24)19-34-27-31-30-26(21-13-3-1-4-14-21)32(27)22-15-5-2-6-16-22/h1-7,9,11,13-17H,8,10,12,18-19H2,(H,29,33)/b28-24-. The van der Waals surface area contributed by atoms with Gasteiger partial charge in [-0.15, -0.1) is 10.2 Å². The Morgan fingerprint density at radius 3 is 2.41 bits per heavy atom. The fraction of sp³-hybridized carbons (Fsp3) is 0.185. The van der Waals surface area contributed by atoms with Crippen molar-refractivity contribution < 1.29 is 4.79 Å². The van der Waals surface area contributed by atoms with Crippen LogP contribution < -0.4 is 5.43 Å². The van der Waals surface area contributed by atoms with E-state index in [9.17, 15) is 4.79 Å². The van der Waals surface area contributed by atoms with E-state index in [-0.39, 0.29) is 11.7 Å². The van der Waals surface area contributed by atoms with Crippen LogP contribution in [0.1, 0.15) is 30.4 Å². The number of nitrogens with one attached hydrogen (secondary N) is 1. The third-order valence-electron chi connectivity index (χ3n) is 5.77. The summed E-state index contributed by atoms with van der Waals surface area (Å²) >= 11 is 1.35. The van der Waals surface area contributed by atoms with Gasteiger partial charge in [-0.05, 0) is 43.4 Å². The molecule has 1 heterocycles. The highest BCUT2D eigenvalue weighted by Gasteiger charge is 2.18. The maximum absolute atomic E-state index is 12.7. The lowest BCUT2D eigenvalue weighted by Crippen LogP contribution is -2.22. The molecule has 0 spiro atoms. The van der Waals surface area contributed by atoms with Crippen molar-refractivity contribution in [2.24, 2.45) is 5.10 Å². The first kappa shape index (κ1) is 22.1. The number of carbonyl (C=O) groups is 1. The van der Waals surface area contributed by atoms with Crippen molar-refractivity contribution in [2.75, 3.05) is 5.75 Å². The second-order valence-corrected chi connectivity index (χ2v) is 9.03. The van der Waals surface area contributed by atoms with E-state index >= 15 is 0 Å². The predicted molar refractivity (Wildman–Crippen MR) is 136 cm³/mol. The molecule has 0 fully saturated rings. The molecule has 0 atom stereocenters. The summed E-state index contributed by atoms with van der Waals surface area (Å²) in [5.41, 5.74) is 8.06. The van der Waals surface area contributed by atoms with E-state index in [1.54, 1.807) is 0 Å². The summed E-state index contributed by atoms with van der Waals surface area (Å²) < 4.78 is 1.99. The molecule has 6 nitrogen and oxygen atoms in total. The van der Waals surface area contributed by atoms with Crippen LogP contribution >= 0.6 is 11.8 Å². The summed E-state index contributed by atoms with van der Waals surface area (Å²) in [6.45, 7) is 0. The second kappa shape index (κ2) is 10.5. The van der Waals surface area contributed by atoms with Crippen molar-refractivity contribution in [1.82, 2.24) is 20.2 Å². The Morgan fingerprint density at radius 1 is 0.882 bits per heavy atom. The molecule has 7 heteroatoms. The van der Waals surface area contributed by atoms with Crippen LogP contribution in [-0.2, 0) is 11.2 Å². The van der Waals surface area contributed by atoms with Crippen LogP contribution in [0, 0.1) is 0 Å². The Bertz CT molecular complexity index is 1300. The minimum Gasteiger partial charge on any atom is -0.272 e. The Morgan fingerprint density at radius 2 is 1.59 bits per heavy atom. The van der Waals surface area contributed by atoms with Gasteiger partial charge in [0.05, 0.1) is 11.5 Å². The van der Waals surface area contributed by atoms with Crippen LogP contribution in [0.2, 0.25) is 0 Å². The maximum atomic E-state index is 12.7. The number of hydrazone groups is 1. The Hall–Kier alpha value is -3.71. The van der Waals surface area contributed by atoms with Gasteiger partial charge in [0.15, 0.2) is 11.0 Å². The average molecular weight is 468 g/mol. The summed E-state index contributed by atoms with van der Waals surface area (Å²) in [5.74, 6) is 0.770. The van der Waals surface area contributed by atoms with Gasteiger partial charge in [-0.1, -0.05) is 84.6 Å². The van der Waals surface area contributed by atoms with Crippen molar-refractivity contribution in [3.8, 4) is 17.1 Å². The van der Waals surface area contributed by atoms with Crippen LogP contribution in [0.4, 0.5) is 0 Å². The molecule has 1 aliphatic carbocycles. The first-order valence-corrected chi connectivity index (χ1v) is 12.4. The molecular weight excluding hydrogens is 442 g/mol. The molecule has 1 amide bonds. The molecule has 1 aromatic heterocycles.